The fraction of sp³-hybridized carbons (Fsp3) is 0.333. The highest BCUT2D eigenvalue weighted by molar-refractivity contribution is 6.00. The van der Waals surface area contributed by atoms with Crippen molar-refractivity contribution in [1.29, 1.82) is 0 Å². The number of carbonyl (C=O) groups is 2. The lowest BCUT2D eigenvalue weighted by Gasteiger charge is -2.17. The van der Waals surface area contributed by atoms with Gasteiger partial charge in [-0.25, -0.2) is 9.48 Å². The molecule has 0 unspecified atom stereocenters. The number of para-hydroxylation sites is 1. The van der Waals surface area contributed by atoms with E-state index < -0.39 is 18.0 Å². The van der Waals surface area contributed by atoms with E-state index in [1.807, 2.05) is 45.0 Å². The third-order valence-corrected chi connectivity index (χ3v) is 4.60. The summed E-state index contributed by atoms with van der Waals surface area (Å²) in [4.78, 5) is 29.7. The van der Waals surface area contributed by atoms with Gasteiger partial charge in [-0.2, -0.15) is 5.10 Å². The molecule has 28 heavy (non-hydrogen) atoms. The zero-order valence-electron chi connectivity index (χ0n) is 16.7. The number of fused-ring (bicyclic) bond motifs is 1. The highest BCUT2D eigenvalue weighted by Crippen LogP contribution is 2.23. The SMILES string of the molecule is Cc1nc2ccccc2c(C)c1C(=O)O[C@@H](C)C(=O)Nc1ccnn1C(C)C. The molecular formula is C21H24N4O3. The standard InChI is InChI=1S/C21H24N4O3/c1-12(2)25-18(10-11-22-25)24-20(26)15(5)28-21(27)19-13(3)16-8-6-7-9-17(16)23-14(19)4/h6-12,15H,1-5H3,(H,24,26)/t15-/m0/s1. The molecule has 0 radical (unpaired) electrons. The average Bonchev–Trinajstić information content (AvgIpc) is 3.10. The summed E-state index contributed by atoms with van der Waals surface area (Å²) in [6, 6.07) is 9.41. The number of hydrogen-bond acceptors (Lipinski definition) is 5. The Labute approximate surface area is 163 Å². The molecule has 0 spiro atoms. The second-order valence-electron chi connectivity index (χ2n) is 7.01. The number of carbonyl (C=O) groups excluding carboxylic acids is 2. The number of aromatic nitrogens is 3. The van der Waals surface area contributed by atoms with E-state index in [1.54, 1.807) is 30.8 Å². The summed E-state index contributed by atoms with van der Waals surface area (Å²) >= 11 is 0. The third-order valence-electron chi connectivity index (χ3n) is 4.60. The van der Waals surface area contributed by atoms with Crippen molar-refractivity contribution >= 4 is 28.6 Å². The van der Waals surface area contributed by atoms with Gasteiger partial charge in [0.15, 0.2) is 6.10 Å². The summed E-state index contributed by atoms with van der Waals surface area (Å²) < 4.78 is 7.13. The molecule has 0 bridgehead atoms. The Morgan fingerprint density at radius 2 is 1.82 bits per heavy atom. The van der Waals surface area contributed by atoms with E-state index in [4.69, 9.17) is 4.74 Å². The Morgan fingerprint density at radius 1 is 1.11 bits per heavy atom. The van der Waals surface area contributed by atoms with Crippen molar-refractivity contribution in [3.8, 4) is 0 Å². The number of amides is 1. The second-order valence-corrected chi connectivity index (χ2v) is 7.01. The number of hydrogen-bond donors (Lipinski definition) is 1. The van der Waals surface area contributed by atoms with Gasteiger partial charge in [-0.15, -0.1) is 0 Å². The van der Waals surface area contributed by atoms with Crippen molar-refractivity contribution in [2.45, 2.75) is 46.8 Å². The number of rotatable bonds is 5. The summed E-state index contributed by atoms with van der Waals surface area (Å²) in [5.41, 5.74) is 2.58. The van der Waals surface area contributed by atoms with Crippen molar-refractivity contribution in [2.24, 2.45) is 0 Å². The van der Waals surface area contributed by atoms with Crippen LogP contribution in [0.15, 0.2) is 36.5 Å². The van der Waals surface area contributed by atoms with Gasteiger partial charge in [-0.1, -0.05) is 18.2 Å². The van der Waals surface area contributed by atoms with Crippen molar-refractivity contribution in [3.63, 3.8) is 0 Å². The molecule has 7 heteroatoms. The number of pyridine rings is 1. The van der Waals surface area contributed by atoms with E-state index in [1.165, 1.54) is 0 Å². The molecule has 1 atom stereocenters. The fourth-order valence-electron chi connectivity index (χ4n) is 3.16. The van der Waals surface area contributed by atoms with E-state index >= 15 is 0 Å². The Hall–Kier alpha value is -3.22. The van der Waals surface area contributed by atoms with Gasteiger partial charge in [-0.05, 0) is 46.2 Å². The van der Waals surface area contributed by atoms with Gasteiger partial charge in [0.25, 0.3) is 5.91 Å². The molecule has 7 nitrogen and oxygen atoms in total. The van der Waals surface area contributed by atoms with Gasteiger partial charge in [0, 0.05) is 17.5 Å². The Balaban J connectivity index is 1.78. The van der Waals surface area contributed by atoms with Gasteiger partial charge >= 0.3 is 5.97 Å². The summed E-state index contributed by atoms with van der Waals surface area (Å²) in [7, 11) is 0. The molecule has 0 saturated heterocycles. The lowest BCUT2D eigenvalue weighted by molar-refractivity contribution is -0.123. The van der Waals surface area contributed by atoms with Gasteiger partial charge in [0.1, 0.15) is 5.82 Å². The molecule has 0 fully saturated rings. The quantitative estimate of drug-likeness (QED) is 0.680. The lowest BCUT2D eigenvalue weighted by atomic mass is 10.0. The van der Waals surface area contributed by atoms with Crippen molar-refractivity contribution < 1.29 is 14.3 Å². The Morgan fingerprint density at radius 3 is 2.54 bits per heavy atom. The maximum absolute atomic E-state index is 12.8. The molecule has 146 valence electrons. The predicted octanol–water partition coefficient (Wildman–Crippen LogP) is 3.81. The molecule has 1 amide bonds. The van der Waals surface area contributed by atoms with Crippen LogP contribution in [0.1, 0.15) is 48.4 Å². The number of anilines is 1. The maximum atomic E-state index is 12.8. The highest BCUT2D eigenvalue weighted by Gasteiger charge is 2.24. The first-order chi connectivity index (χ1) is 13.3. The normalized spacial score (nSPS) is 12.2. The first-order valence-electron chi connectivity index (χ1n) is 9.21. The molecule has 0 aliphatic carbocycles. The minimum atomic E-state index is -0.965. The Bertz CT molecular complexity index is 1040. The number of ether oxygens (including phenoxy) is 1. The van der Waals surface area contributed by atoms with Crippen LogP contribution in [0.25, 0.3) is 10.9 Å². The largest absolute Gasteiger partial charge is 0.449 e. The second kappa shape index (κ2) is 7.80. The monoisotopic (exact) mass is 380 g/mol. The van der Waals surface area contributed by atoms with Crippen LogP contribution in [0.2, 0.25) is 0 Å². The summed E-state index contributed by atoms with van der Waals surface area (Å²) in [6.07, 6.45) is 0.646. The highest BCUT2D eigenvalue weighted by atomic mass is 16.5. The number of esters is 1. The molecule has 0 saturated carbocycles. The molecule has 0 aliphatic heterocycles. The van der Waals surface area contributed by atoms with Crippen LogP contribution in [-0.4, -0.2) is 32.7 Å². The molecule has 1 N–H and O–H groups in total. The number of aryl methyl sites for hydroxylation is 2. The van der Waals surface area contributed by atoms with E-state index in [0.717, 1.165) is 16.5 Å². The van der Waals surface area contributed by atoms with E-state index in [0.29, 0.717) is 17.1 Å². The molecule has 1 aromatic carbocycles. The molecule has 2 heterocycles. The van der Waals surface area contributed by atoms with E-state index in [2.05, 4.69) is 15.4 Å². The summed E-state index contributed by atoms with van der Waals surface area (Å²) in [6.45, 7) is 9.10. The topological polar surface area (TPSA) is 86.1 Å². The minimum absolute atomic E-state index is 0.0946. The van der Waals surface area contributed by atoms with Crippen LogP contribution in [0.5, 0.6) is 0 Å². The van der Waals surface area contributed by atoms with Crippen LogP contribution in [0.3, 0.4) is 0 Å². The number of nitrogens with zero attached hydrogens (tertiary/aromatic N) is 3. The van der Waals surface area contributed by atoms with Crippen molar-refractivity contribution in [1.82, 2.24) is 14.8 Å². The van der Waals surface area contributed by atoms with Crippen molar-refractivity contribution in [3.05, 3.63) is 53.3 Å². The van der Waals surface area contributed by atoms with Crippen molar-refractivity contribution in [2.75, 3.05) is 5.32 Å². The van der Waals surface area contributed by atoms with E-state index in [-0.39, 0.29) is 6.04 Å². The fourth-order valence-corrected chi connectivity index (χ4v) is 3.16. The zero-order valence-corrected chi connectivity index (χ0v) is 16.7. The summed E-state index contributed by atoms with van der Waals surface area (Å²) in [5.74, 6) is -0.421. The molecule has 3 rings (SSSR count). The first-order valence-corrected chi connectivity index (χ1v) is 9.21. The minimum Gasteiger partial charge on any atom is -0.449 e. The van der Waals surface area contributed by atoms with Crippen LogP contribution < -0.4 is 5.32 Å². The van der Waals surface area contributed by atoms with Crippen LogP contribution >= 0.6 is 0 Å². The van der Waals surface area contributed by atoms with Gasteiger partial charge < -0.3 is 10.1 Å². The van der Waals surface area contributed by atoms with E-state index in [9.17, 15) is 9.59 Å². The van der Waals surface area contributed by atoms with Crippen LogP contribution in [0, 0.1) is 13.8 Å². The number of benzene rings is 1. The molecule has 3 aromatic rings. The van der Waals surface area contributed by atoms with Gasteiger partial charge in [-0.3, -0.25) is 9.78 Å². The summed E-state index contributed by atoms with van der Waals surface area (Å²) in [5, 5.41) is 7.82. The average molecular weight is 380 g/mol. The molecule has 2 aromatic heterocycles. The van der Waals surface area contributed by atoms with Crippen LogP contribution in [0.4, 0.5) is 5.82 Å². The smallest absolute Gasteiger partial charge is 0.341 e. The lowest BCUT2D eigenvalue weighted by Crippen LogP contribution is -2.31. The Kier molecular flexibility index (Phi) is 5.44. The third kappa shape index (κ3) is 3.74. The maximum Gasteiger partial charge on any atom is 0.341 e. The van der Waals surface area contributed by atoms with Crippen LogP contribution in [-0.2, 0) is 9.53 Å². The first kappa shape index (κ1) is 19.5. The predicted molar refractivity (Wildman–Crippen MR) is 107 cm³/mol. The van der Waals surface area contributed by atoms with Gasteiger partial charge in [0.2, 0.25) is 0 Å². The van der Waals surface area contributed by atoms with Gasteiger partial charge in [0.05, 0.1) is 23.0 Å². The number of nitrogens with one attached hydrogen (secondary N) is 1. The molecular weight excluding hydrogens is 356 g/mol. The zero-order chi connectivity index (χ0) is 20.4. The molecule has 0 aliphatic rings.